The van der Waals surface area contributed by atoms with Gasteiger partial charge in [0, 0.05) is 0 Å². The number of nitrogens with zero attached hydrogens (tertiary/aromatic N) is 4. The predicted octanol–water partition coefficient (Wildman–Crippen LogP) is 0.0933. The van der Waals surface area contributed by atoms with Crippen molar-refractivity contribution in [3.8, 4) is 0 Å². The molecular formula is C10H19N5O2S. The van der Waals surface area contributed by atoms with E-state index in [4.69, 9.17) is 0 Å². The lowest BCUT2D eigenvalue weighted by atomic mass is 10.1. The molecule has 18 heavy (non-hydrogen) atoms. The van der Waals surface area contributed by atoms with Crippen LogP contribution in [0, 0.1) is 0 Å². The number of tetrazole rings is 1. The highest BCUT2D eigenvalue weighted by Gasteiger charge is 2.28. The Morgan fingerprint density at radius 1 is 1.44 bits per heavy atom. The molecule has 0 spiro atoms. The number of hydrogen-bond donors (Lipinski definition) is 1. The molecule has 1 aliphatic rings. The van der Waals surface area contributed by atoms with E-state index in [1.165, 1.54) is 0 Å². The maximum absolute atomic E-state index is 11.4. The Labute approximate surface area is 107 Å². The molecule has 0 aliphatic carbocycles. The summed E-state index contributed by atoms with van der Waals surface area (Å²) in [4.78, 5) is 0. The zero-order chi connectivity index (χ0) is 13.2. The SMILES string of the molecule is CCNC(C)c1nnnn1C1CCS(=O)(=O)CC1. The monoisotopic (exact) mass is 273 g/mol. The highest BCUT2D eigenvalue weighted by molar-refractivity contribution is 7.91. The Hall–Kier alpha value is -1.02. The van der Waals surface area contributed by atoms with Gasteiger partial charge < -0.3 is 5.32 Å². The van der Waals surface area contributed by atoms with Crippen molar-refractivity contribution in [2.24, 2.45) is 0 Å². The fourth-order valence-electron chi connectivity index (χ4n) is 2.27. The van der Waals surface area contributed by atoms with Gasteiger partial charge in [-0.3, -0.25) is 0 Å². The maximum Gasteiger partial charge on any atom is 0.168 e. The topological polar surface area (TPSA) is 89.8 Å². The Morgan fingerprint density at radius 3 is 2.72 bits per heavy atom. The predicted molar refractivity (Wildman–Crippen MR) is 66.8 cm³/mol. The smallest absolute Gasteiger partial charge is 0.168 e. The average molecular weight is 273 g/mol. The average Bonchev–Trinajstić information content (AvgIpc) is 2.78. The van der Waals surface area contributed by atoms with E-state index in [9.17, 15) is 8.42 Å². The van der Waals surface area contributed by atoms with Crippen molar-refractivity contribution in [1.29, 1.82) is 0 Å². The summed E-state index contributed by atoms with van der Waals surface area (Å²) in [7, 11) is -2.85. The highest BCUT2D eigenvalue weighted by atomic mass is 32.2. The summed E-state index contributed by atoms with van der Waals surface area (Å²) in [5.74, 6) is 1.24. The normalized spacial score (nSPS) is 21.9. The van der Waals surface area contributed by atoms with E-state index < -0.39 is 9.84 Å². The van der Waals surface area contributed by atoms with Crippen LogP contribution >= 0.6 is 0 Å². The first kappa shape index (κ1) is 13.4. The summed E-state index contributed by atoms with van der Waals surface area (Å²) in [6, 6.07) is 0.170. The molecule has 1 aromatic heterocycles. The van der Waals surface area contributed by atoms with Crippen LogP contribution in [0.5, 0.6) is 0 Å². The quantitative estimate of drug-likeness (QED) is 0.836. The second-order valence-electron chi connectivity index (χ2n) is 4.64. The van der Waals surface area contributed by atoms with Crippen LogP contribution in [0.25, 0.3) is 0 Å². The van der Waals surface area contributed by atoms with E-state index in [0.717, 1.165) is 12.4 Å². The third kappa shape index (κ3) is 2.86. The van der Waals surface area contributed by atoms with Crippen LogP contribution in [0.1, 0.15) is 44.6 Å². The van der Waals surface area contributed by atoms with Crippen molar-refractivity contribution < 1.29 is 8.42 Å². The molecule has 0 aromatic carbocycles. The molecule has 0 amide bonds. The van der Waals surface area contributed by atoms with Crippen molar-refractivity contribution in [1.82, 2.24) is 25.5 Å². The minimum Gasteiger partial charge on any atom is -0.308 e. The molecule has 8 heteroatoms. The van der Waals surface area contributed by atoms with Crippen LogP contribution in [0.3, 0.4) is 0 Å². The van der Waals surface area contributed by atoms with Gasteiger partial charge in [0.05, 0.1) is 23.6 Å². The van der Waals surface area contributed by atoms with Crippen LogP contribution in [0.15, 0.2) is 0 Å². The van der Waals surface area contributed by atoms with E-state index in [1.54, 1.807) is 4.68 Å². The van der Waals surface area contributed by atoms with Crippen LogP contribution in [-0.4, -0.2) is 46.7 Å². The first-order valence-corrected chi connectivity index (χ1v) is 8.07. The highest BCUT2D eigenvalue weighted by Crippen LogP contribution is 2.25. The summed E-state index contributed by atoms with van der Waals surface area (Å²) >= 11 is 0. The molecule has 0 radical (unpaired) electrons. The first-order valence-electron chi connectivity index (χ1n) is 6.25. The van der Waals surface area contributed by atoms with Crippen molar-refractivity contribution in [2.45, 2.75) is 38.8 Å². The Kier molecular flexibility index (Phi) is 3.96. The summed E-state index contributed by atoms with van der Waals surface area (Å²) in [6.45, 7) is 4.87. The summed E-state index contributed by atoms with van der Waals surface area (Å²) < 4.78 is 24.6. The van der Waals surface area contributed by atoms with Gasteiger partial charge in [0.25, 0.3) is 0 Å². The molecule has 102 valence electrons. The lowest BCUT2D eigenvalue weighted by Crippen LogP contribution is -2.29. The largest absolute Gasteiger partial charge is 0.308 e. The van der Waals surface area contributed by atoms with E-state index in [0.29, 0.717) is 12.8 Å². The summed E-state index contributed by atoms with van der Waals surface area (Å²) in [5, 5.41) is 15.0. The Balaban J connectivity index is 2.12. The zero-order valence-corrected chi connectivity index (χ0v) is 11.5. The molecule has 1 aromatic rings. The molecule has 0 saturated carbocycles. The van der Waals surface area contributed by atoms with Gasteiger partial charge in [0.15, 0.2) is 5.82 Å². The Bertz CT molecular complexity index is 484. The number of sulfone groups is 1. The first-order chi connectivity index (χ1) is 8.53. The molecule has 1 N–H and O–H groups in total. The van der Waals surface area contributed by atoms with Crippen molar-refractivity contribution in [3.05, 3.63) is 5.82 Å². The van der Waals surface area contributed by atoms with Gasteiger partial charge in [-0.1, -0.05) is 6.92 Å². The van der Waals surface area contributed by atoms with Gasteiger partial charge in [-0.25, -0.2) is 13.1 Å². The minimum atomic E-state index is -2.85. The van der Waals surface area contributed by atoms with E-state index in [2.05, 4.69) is 20.8 Å². The van der Waals surface area contributed by atoms with Crippen molar-refractivity contribution >= 4 is 9.84 Å². The molecular weight excluding hydrogens is 254 g/mol. The second-order valence-corrected chi connectivity index (χ2v) is 6.95. The molecule has 2 heterocycles. The maximum atomic E-state index is 11.4. The van der Waals surface area contributed by atoms with Gasteiger partial charge in [-0.2, -0.15) is 0 Å². The van der Waals surface area contributed by atoms with Gasteiger partial charge in [0.2, 0.25) is 0 Å². The van der Waals surface area contributed by atoms with Crippen LogP contribution < -0.4 is 5.32 Å². The van der Waals surface area contributed by atoms with E-state index in [1.807, 2.05) is 13.8 Å². The Morgan fingerprint density at radius 2 is 2.11 bits per heavy atom. The summed E-state index contributed by atoms with van der Waals surface area (Å²) in [5.41, 5.74) is 0. The zero-order valence-electron chi connectivity index (χ0n) is 10.7. The van der Waals surface area contributed by atoms with E-state index >= 15 is 0 Å². The third-order valence-electron chi connectivity index (χ3n) is 3.29. The number of nitrogens with one attached hydrogen (secondary N) is 1. The third-order valence-corrected chi connectivity index (χ3v) is 5.00. The van der Waals surface area contributed by atoms with Crippen molar-refractivity contribution in [3.63, 3.8) is 0 Å². The minimum absolute atomic E-state index is 0.0727. The second kappa shape index (κ2) is 5.31. The number of aromatic nitrogens is 4. The standard InChI is InChI=1S/C10H19N5O2S/c1-3-11-8(2)10-12-13-14-15(10)9-4-6-18(16,17)7-5-9/h8-9,11H,3-7H2,1-2H3. The molecule has 1 aliphatic heterocycles. The molecule has 1 atom stereocenters. The molecule has 1 saturated heterocycles. The van der Waals surface area contributed by atoms with Crippen molar-refractivity contribution in [2.75, 3.05) is 18.1 Å². The summed E-state index contributed by atoms with van der Waals surface area (Å²) in [6.07, 6.45) is 1.19. The molecule has 7 nitrogen and oxygen atoms in total. The molecule has 1 unspecified atom stereocenters. The number of rotatable bonds is 4. The van der Waals surface area contributed by atoms with Gasteiger partial charge in [0.1, 0.15) is 9.84 Å². The van der Waals surface area contributed by atoms with Crippen LogP contribution in [0.4, 0.5) is 0 Å². The fourth-order valence-corrected chi connectivity index (χ4v) is 3.73. The van der Waals surface area contributed by atoms with Gasteiger partial charge in [-0.15, -0.1) is 5.10 Å². The lowest BCUT2D eigenvalue weighted by molar-refractivity contribution is 0.377. The van der Waals surface area contributed by atoms with Gasteiger partial charge in [-0.05, 0) is 36.7 Å². The van der Waals surface area contributed by atoms with Gasteiger partial charge >= 0.3 is 0 Å². The molecule has 0 bridgehead atoms. The molecule has 2 rings (SSSR count). The molecule has 1 fully saturated rings. The van der Waals surface area contributed by atoms with E-state index in [-0.39, 0.29) is 23.6 Å². The fraction of sp³-hybridized carbons (Fsp3) is 0.900. The number of hydrogen-bond acceptors (Lipinski definition) is 6. The lowest BCUT2D eigenvalue weighted by Gasteiger charge is -2.24. The van der Waals surface area contributed by atoms with Crippen LogP contribution in [-0.2, 0) is 9.84 Å². The van der Waals surface area contributed by atoms with Crippen LogP contribution in [0.2, 0.25) is 0 Å².